The summed E-state index contributed by atoms with van der Waals surface area (Å²) in [5.41, 5.74) is 7.60. The summed E-state index contributed by atoms with van der Waals surface area (Å²) in [5.74, 6) is 0. The zero-order valence-electron chi connectivity index (χ0n) is 15.9. The first-order valence-electron chi connectivity index (χ1n) is 9.06. The first-order chi connectivity index (χ1) is 13.0. The SMILES string of the molecule is [C-]#[N+]Cc1cc2ccn(C)c3c4c(C)c5c(cc[n+]5C)c(C)c4oc(c1)c23. The lowest BCUT2D eigenvalue weighted by Crippen LogP contribution is -2.25. The van der Waals surface area contributed by atoms with E-state index in [1.165, 1.54) is 27.4 Å². The molecule has 0 amide bonds. The summed E-state index contributed by atoms with van der Waals surface area (Å²) < 4.78 is 10.9. The fourth-order valence-electron chi connectivity index (χ4n) is 4.51. The van der Waals surface area contributed by atoms with Crippen LogP contribution in [0.15, 0.2) is 41.1 Å². The molecule has 0 fully saturated rings. The predicted octanol–water partition coefficient (Wildman–Crippen LogP) is 5.09. The third-order valence-electron chi connectivity index (χ3n) is 5.74. The molecule has 2 aromatic carbocycles. The van der Waals surface area contributed by atoms with Crippen LogP contribution in [0, 0.1) is 20.4 Å². The Labute approximate surface area is 157 Å². The smallest absolute Gasteiger partial charge is 0.239 e. The van der Waals surface area contributed by atoms with E-state index >= 15 is 0 Å². The molecule has 3 heterocycles. The molecular weight excluding hydrogens is 334 g/mol. The Balaban J connectivity index is 2.13. The van der Waals surface area contributed by atoms with Crippen LogP contribution in [0.5, 0.6) is 0 Å². The highest BCUT2D eigenvalue weighted by molar-refractivity contribution is 6.19. The number of hydrogen-bond acceptors (Lipinski definition) is 1. The zero-order valence-corrected chi connectivity index (χ0v) is 15.9. The fraction of sp³-hybridized carbons (Fsp3) is 0.217. The van der Waals surface area contributed by atoms with Gasteiger partial charge >= 0.3 is 0 Å². The monoisotopic (exact) mass is 354 g/mol. The van der Waals surface area contributed by atoms with Crippen LogP contribution in [0.3, 0.4) is 0 Å². The van der Waals surface area contributed by atoms with Crippen LogP contribution >= 0.6 is 0 Å². The normalized spacial score (nSPS) is 11.8. The molecule has 0 aliphatic heterocycles. The number of nitrogens with zero attached hydrogens (tertiary/aromatic N) is 3. The van der Waals surface area contributed by atoms with Crippen molar-refractivity contribution in [2.45, 2.75) is 20.4 Å². The molecule has 0 unspecified atom stereocenters. The van der Waals surface area contributed by atoms with Crippen molar-refractivity contribution in [3.63, 3.8) is 0 Å². The van der Waals surface area contributed by atoms with Crippen molar-refractivity contribution in [3.05, 3.63) is 64.8 Å². The summed E-state index contributed by atoms with van der Waals surface area (Å²) in [6.07, 6.45) is 4.21. The van der Waals surface area contributed by atoms with Crippen molar-refractivity contribution in [3.8, 4) is 0 Å². The van der Waals surface area contributed by atoms with Gasteiger partial charge in [-0.05, 0) is 37.4 Å². The number of hydrogen-bond donors (Lipinski definition) is 0. The second kappa shape index (κ2) is 5.34. The lowest BCUT2D eigenvalue weighted by atomic mass is 9.97. The number of aromatic nitrogens is 2. The van der Waals surface area contributed by atoms with Gasteiger partial charge in [0.2, 0.25) is 12.1 Å². The van der Waals surface area contributed by atoms with Crippen molar-refractivity contribution in [1.82, 2.24) is 4.57 Å². The molecule has 0 saturated heterocycles. The van der Waals surface area contributed by atoms with E-state index < -0.39 is 0 Å². The molecule has 0 aliphatic carbocycles. The molecular formula is C23H20N3O+. The summed E-state index contributed by atoms with van der Waals surface area (Å²) in [4.78, 5) is 3.55. The number of aryl methyl sites for hydroxylation is 4. The van der Waals surface area contributed by atoms with E-state index in [0.29, 0.717) is 6.54 Å². The first kappa shape index (κ1) is 15.9. The maximum Gasteiger partial charge on any atom is 0.239 e. The highest BCUT2D eigenvalue weighted by Gasteiger charge is 2.23. The molecule has 0 radical (unpaired) electrons. The van der Waals surface area contributed by atoms with E-state index in [9.17, 15) is 0 Å². The minimum atomic E-state index is 0.366. The fourth-order valence-corrected chi connectivity index (χ4v) is 4.51. The van der Waals surface area contributed by atoms with Crippen molar-refractivity contribution < 1.29 is 8.98 Å². The summed E-state index contributed by atoms with van der Waals surface area (Å²) in [5, 5.41) is 4.64. The van der Waals surface area contributed by atoms with Gasteiger partial charge in [-0.1, -0.05) is 0 Å². The third-order valence-corrected chi connectivity index (χ3v) is 5.74. The highest BCUT2D eigenvalue weighted by Crippen LogP contribution is 2.39. The van der Waals surface area contributed by atoms with Gasteiger partial charge in [0.25, 0.3) is 0 Å². The molecule has 0 atom stereocenters. The highest BCUT2D eigenvalue weighted by atomic mass is 16.3. The average molecular weight is 354 g/mol. The molecule has 0 aliphatic rings. The van der Waals surface area contributed by atoms with Crippen molar-refractivity contribution in [1.29, 1.82) is 0 Å². The van der Waals surface area contributed by atoms with Crippen molar-refractivity contribution >= 4 is 43.7 Å². The van der Waals surface area contributed by atoms with Crippen LogP contribution in [0.4, 0.5) is 0 Å². The van der Waals surface area contributed by atoms with Crippen LogP contribution in [-0.4, -0.2) is 4.57 Å². The van der Waals surface area contributed by atoms with Crippen LogP contribution in [0.2, 0.25) is 0 Å². The minimum Gasteiger partial charge on any atom is -0.456 e. The quantitative estimate of drug-likeness (QED) is 0.178. The molecule has 4 heteroatoms. The predicted molar refractivity (Wildman–Crippen MR) is 109 cm³/mol. The van der Waals surface area contributed by atoms with E-state index in [1.807, 2.05) is 6.07 Å². The molecule has 132 valence electrons. The number of rotatable bonds is 1. The Kier molecular flexibility index (Phi) is 3.14. The van der Waals surface area contributed by atoms with E-state index in [0.717, 1.165) is 33.1 Å². The standard InChI is InChI=1S/C23H20N3O/c1-13-17-7-9-25(4)21(17)14(2)19-22-20-16(6-8-26(22)5)10-15(12-24-3)11-18(20)27-23(13)19/h6-11H,12H2,1-2,4-5H3/q+1. The molecule has 4 nitrogen and oxygen atoms in total. The van der Waals surface area contributed by atoms with E-state index in [1.54, 1.807) is 0 Å². The van der Waals surface area contributed by atoms with Crippen LogP contribution in [-0.2, 0) is 20.6 Å². The van der Waals surface area contributed by atoms with Crippen molar-refractivity contribution in [2.24, 2.45) is 14.1 Å². The molecule has 27 heavy (non-hydrogen) atoms. The Bertz CT molecular complexity index is 1440. The second-order valence-electron chi connectivity index (χ2n) is 7.39. The maximum absolute atomic E-state index is 7.22. The van der Waals surface area contributed by atoms with Gasteiger partial charge in [-0.3, -0.25) is 0 Å². The minimum absolute atomic E-state index is 0.366. The van der Waals surface area contributed by atoms with Gasteiger partial charge < -0.3 is 13.8 Å². The third kappa shape index (κ3) is 2.00. The van der Waals surface area contributed by atoms with Gasteiger partial charge in [-0.25, -0.2) is 11.1 Å². The zero-order chi connectivity index (χ0) is 18.9. The van der Waals surface area contributed by atoms with Gasteiger partial charge in [-0.15, -0.1) is 0 Å². The number of benzene rings is 2. The number of pyridine rings is 1. The Morgan fingerprint density at radius 1 is 1.15 bits per heavy atom. The van der Waals surface area contributed by atoms with Gasteiger partial charge in [0.1, 0.15) is 18.2 Å². The molecule has 0 saturated carbocycles. The number of fused-ring (bicyclic) bond motifs is 3. The van der Waals surface area contributed by atoms with E-state index in [4.69, 9.17) is 11.0 Å². The molecule has 0 N–H and O–H groups in total. The molecule has 0 bridgehead atoms. The summed E-state index contributed by atoms with van der Waals surface area (Å²) in [7, 11) is 4.18. The lowest BCUT2D eigenvalue weighted by molar-refractivity contribution is -0.642. The van der Waals surface area contributed by atoms with Gasteiger partial charge in [0.05, 0.1) is 16.3 Å². The largest absolute Gasteiger partial charge is 0.456 e. The van der Waals surface area contributed by atoms with Gasteiger partial charge in [-0.2, -0.15) is 0 Å². The van der Waals surface area contributed by atoms with E-state index in [2.05, 4.69) is 72.5 Å². The van der Waals surface area contributed by atoms with E-state index in [-0.39, 0.29) is 0 Å². The summed E-state index contributed by atoms with van der Waals surface area (Å²) in [6.45, 7) is 11.9. The lowest BCUT2D eigenvalue weighted by Gasteiger charge is -2.16. The summed E-state index contributed by atoms with van der Waals surface area (Å²) in [6, 6.07) is 8.40. The van der Waals surface area contributed by atoms with Crippen LogP contribution in [0.25, 0.3) is 48.6 Å². The van der Waals surface area contributed by atoms with Crippen LogP contribution < -0.4 is 4.57 Å². The summed E-state index contributed by atoms with van der Waals surface area (Å²) >= 11 is 0. The topological polar surface area (TPSA) is 26.3 Å². The average Bonchev–Trinajstić information content (AvgIpc) is 3.04. The first-order valence-corrected chi connectivity index (χ1v) is 9.06. The Morgan fingerprint density at radius 3 is 2.74 bits per heavy atom. The van der Waals surface area contributed by atoms with Crippen molar-refractivity contribution in [2.75, 3.05) is 0 Å². The Morgan fingerprint density at radius 2 is 1.96 bits per heavy atom. The molecule has 5 rings (SSSR count). The van der Waals surface area contributed by atoms with Crippen LogP contribution in [0.1, 0.15) is 16.7 Å². The molecule has 3 aromatic heterocycles. The van der Waals surface area contributed by atoms with Gasteiger partial charge in [0, 0.05) is 41.4 Å². The van der Waals surface area contributed by atoms with Gasteiger partial charge in [0.15, 0.2) is 6.20 Å². The molecule has 0 spiro atoms. The second-order valence-corrected chi connectivity index (χ2v) is 7.39. The molecule has 5 aromatic rings. The Hall–Kier alpha value is -3.32. The maximum atomic E-state index is 7.22.